The largest absolute Gasteiger partial charge is 0.393 e. The summed E-state index contributed by atoms with van der Waals surface area (Å²) in [4.78, 5) is 26.6. The zero-order valence-corrected chi connectivity index (χ0v) is 13.0. The predicted octanol–water partition coefficient (Wildman–Crippen LogP) is 1.75. The average molecular weight is 317 g/mol. The van der Waals surface area contributed by atoms with E-state index in [0.29, 0.717) is 18.7 Å². The van der Waals surface area contributed by atoms with Crippen molar-refractivity contribution >= 4 is 17.3 Å². The number of benzene rings is 1. The predicted molar refractivity (Wildman–Crippen MR) is 86.0 cm³/mol. The number of nitro benzene ring substituents is 1. The summed E-state index contributed by atoms with van der Waals surface area (Å²) < 4.78 is 1.92. The van der Waals surface area contributed by atoms with Gasteiger partial charge in [0.25, 0.3) is 11.6 Å². The van der Waals surface area contributed by atoms with Crippen LogP contribution >= 0.6 is 0 Å². The van der Waals surface area contributed by atoms with Crippen LogP contribution in [0.2, 0.25) is 0 Å². The number of nitro groups is 1. The SMILES string of the molecule is Cc1cc(C(=O)NC[C@@H](C)Cn2ccnc2)c(N)c([N+](=O)[O-])c1. The van der Waals surface area contributed by atoms with Crippen molar-refractivity contribution in [3.63, 3.8) is 0 Å². The summed E-state index contributed by atoms with van der Waals surface area (Å²) in [7, 11) is 0. The van der Waals surface area contributed by atoms with Gasteiger partial charge in [0.15, 0.2) is 0 Å². The lowest BCUT2D eigenvalue weighted by Gasteiger charge is -2.14. The maximum atomic E-state index is 12.3. The van der Waals surface area contributed by atoms with Crippen LogP contribution in [0.3, 0.4) is 0 Å². The lowest BCUT2D eigenvalue weighted by atomic mass is 10.1. The molecule has 1 aromatic heterocycles. The number of imidazole rings is 1. The number of anilines is 1. The van der Waals surface area contributed by atoms with Crippen LogP contribution in [0.5, 0.6) is 0 Å². The average Bonchev–Trinajstić information content (AvgIpc) is 2.99. The lowest BCUT2D eigenvalue weighted by Crippen LogP contribution is -2.30. The minimum Gasteiger partial charge on any atom is -0.393 e. The van der Waals surface area contributed by atoms with Crippen LogP contribution in [-0.4, -0.2) is 26.9 Å². The molecule has 8 heteroatoms. The summed E-state index contributed by atoms with van der Waals surface area (Å²) in [6.45, 7) is 4.81. The first-order valence-electron chi connectivity index (χ1n) is 7.17. The summed E-state index contributed by atoms with van der Waals surface area (Å²) in [6, 6.07) is 2.91. The summed E-state index contributed by atoms with van der Waals surface area (Å²) >= 11 is 0. The Morgan fingerprint density at radius 1 is 1.52 bits per heavy atom. The van der Waals surface area contributed by atoms with Gasteiger partial charge in [0.05, 0.1) is 16.8 Å². The standard InChI is InChI=1S/C15H19N5O3/c1-10-5-12(14(16)13(6-10)20(22)23)15(21)18-7-11(2)8-19-4-3-17-9-19/h3-6,9,11H,7-8,16H2,1-2H3,(H,18,21)/t11-/m1/s1. The lowest BCUT2D eigenvalue weighted by molar-refractivity contribution is -0.384. The number of nitrogens with zero attached hydrogens (tertiary/aromatic N) is 3. The number of carbonyl (C=O) groups is 1. The van der Waals surface area contributed by atoms with Crippen LogP contribution in [-0.2, 0) is 6.54 Å². The summed E-state index contributed by atoms with van der Waals surface area (Å²) in [6.07, 6.45) is 5.25. The Morgan fingerprint density at radius 2 is 2.26 bits per heavy atom. The van der Waals surface area contributed by atoms with Gasteiger partial charge in [-0.3, -0.25) is 14.9 Å². The van der Waals surface area contributed by atoms with E-state index in [4.69, 9.17) is 5.73 Å². The van der Waals surface area contributed by atoms with E-state index in [2.05, 4.69) is 10.3 Å². The molecule has 1 atom stereocenters. The van der Waals surface area contributed by atoms with Gasteiger partial charge in [0, 0.05) is 31.5 Å². The van der Waals surface area contributed by atoms with Gasteiger partial charge in [-0.1, -0.05) is 6.92 Å². The molecule has 23 heavy (non-hydrogen) atoms. The van der Waals surface area contributed by atoms with Crippen LogP contribution in [0.15, 0.2) is 30.9 Å². The quantitative estimate of drug-likeness (QED) is 0.478. The first-order chi connectivity index (χ1) is 10.9. The van der Waals surface area contributed by atoms with Crippen LogP contribution in [0.25, 0.3) is 0 Å². The second-order valence-corrected chi connectivity index (χ2v) is 5.58. The topological polar surface area (TPSA) is 116 Å². The fourth-order valence-corrected chi connectivity index (χ4v) is 2.30. The molecule has 0 aliphatic heterocycles. The summed E-state index contributed by atoms with van der Waals surface area (Å²) in [5.74, 6) is -0.235. The van der Waals surface area contributed by atoms with E-state index in [9.17, 15) is 14.9 Å². The van der Waals surface area contributed by atoms with Gasteiger partial charge in [-0.2, -0.15) is 0 Å². The molecule has 0 unspecified atom stereocenters. The number of hydrogen-bond acceptors (Lipinski definition) is 5. The smallest absolute Gasteiger partial charge is 0.293 e. The van der Waals surface area contributed by atoms with Crippen molar-refractivity contribution < 1.29 is 9.72 Å². The maximum Gasteiger partial charge on any atom is 0.293 e. The van der Waals surface area contributed by atoms with Crippen molar-refractivity contribution in [1.29, 1.82) is 0 Å². The molecule has 0 fully saturated rings. The van der Waals surface area contributed by atoms with Crippen molar-refractivity contribution in [1.82, 2.24) is 14.9 Å². The minimum absolute atomic E-state index is 0.111. The number of nitrogens with two attached hydrogens (primary N) is 1. The van der Waals surface area contributed by atoms with Crippen molar-refractivity contribution in [3.8, 4) is 0 Å². The second-order valence-electron chi connectivity index (χ2n) is 5.58. The number of hydrogen-bond donors (Lipinski definition) is 2. The van der Waals surface area contributed by atoms with Gasteiger partial charge < -0.3 is 15.6 Å². The molecule has 0 saturated heterocycles. The van der Waals surface area contributed by atoms with Crippen LogP contribution < -0.4 is 11.1 Å². The van der Waals surface area contributed by atoms with Crippen LogP contribution in [0.4, 0.5) is 11.4 Å². The number of aromatic nitrogens is 2. The molecule has 0 bridgehead atoms. The Labute approximate surface area is 133 Å². The second kappa shape index (κ2) is 6.91. The van der Waals surface area contributed by atoms with Gasteiger partial charge in [0.2, 0.25) is 0 Å². The van der Waals surface area contributed by atoms with Gasteiger partial charge in [0.1, 0.15) is 5.69 Å². The number of aryl methyl sites for hydroxylation is 1. The number of amides is 1. The molecular formula is C15H19N5O3. The molecule has 0 spiro atoms. The molecule has 0 aliphatic rings. The van der Waals surface area contributed by atoms with Crippen molar-refractivity contribution in [2.75, 3.05) is 12.3 Å². The third-order valence-corrected chi connectivity index (χ3v) is 3.44. The highest BCUT2D eigenvalue weighted by Gasteiger charge is 2.20. The number of carbonyl (C=O) groups excluding carboxylic acids is 1. The fraction of sp³-hybridized carbons (Fsp3) is 0.333. The minimum atomic E-state index is -0.583. The third kappa shape index (κ3) is 4.06. The molecule has 1 amide bonds. The zero-order chi connectivity index (χ0) is 17.0. The highest BCUT2D eigenvalue weighted by Crippen LogP contribution is 2.27. The van der Waals surface area contributed by atoms with E-state index in [1.165, 1.54) is 6.07 Å². The maximum absolute atomic E-state index is 12.3. The Hall–Kier alpha value is -2.90. The van der Waals surface area contributed by atoms with Gasteiger partial charge in [-0.05, 0) is 24.5 Å². The molecule has 1 heterocycles. The molecular weight excluding hydrogens is 298 g/mol. The monoisotopic (exact) mass is 317 g/mol. The fourth-order valence-electron chi connectivity index (χ4n) is 2.30. The van der Waals surface area contributed by atoms with E-state index in [1.807, 2.05) is 17.7 Å². The molecule has 0 aliphatic carbocycles. The Morgan fingerprint density at radius 3 is 2.87 bits per heavy atom. The molecule has 122 valence electrons. The summed E-state index contributed by atoms with van der Waals surface area (Å²) in [5, 5.41) is 13.7. The van der Waals surface area contributed by atoms with Gasteiger partial charge in [-0.15, -0.1) is 0 Å². The number of rotatable bonds is 6. The van der Waals surface area contributed by atoms with E-state index in [1.54, 1.807) is 25.5 Å². The number of nitrogen functional groups attached to an aromatic ring is 1. The molecule has 2 aromatic rings. The third-order valence-electron chi connectivity index (χ3n) is 3.44. The van der Waals surface area contributed by atoms with Crippen molar-refractivity contribution in [2.24, 2.45) is 5.92 Å². The molecule has 3 N–H and O–H groups in total. The molecule has 1 aromatic carbocycles. The van der Waals surface area contributed by atoms with E-state index >= 15 is 0 Å². The molecule has 8 nitrogen and oxygen atoms in total. The highest BCUT2D eigenvalue weighted by molar-refractivity contribution is 6.01. The Balaban J connectivity index is 2.04. The Kier molecular flexibility index (Phi) is 4.95. The molecule has 0 saturated carbocycles. The van der Waals surface area contributed by atoms with E-state index in [0.717, 1.165) is 0 Å². The highest BCUT2D eigenvalue weighted by atomic mass is 16.6. The zero-order valence-electron chi connectivity index (χ0n) is 13.0. The van der Waals surface area contributed by atoms with Crippen LogP contribution in [0.1, 0.15) is 22.8 Å². The Bertz CT molecular complexity index is 712. The first-order valence-corrected chi connectivity index (χ1v) is 7.17. The van der Waals surface area contributed by atoms with Gasteiger partial charge in [-0.25, -0.2) is 4.98 Å². The van der Waals surface area contributed by atoms with Gasteiger partial charge >= 0.3 is 0 Å². The number of nitrogens with one attached hydrogen (secondary N) is 1. The van der Waals surface area contributed by atoms with E-state index in [-0.39, 0.29) is 22.9 Å². The normalized spacial score (nSPS) is 11.9. The van der Waals surface area contributed by atoms with Crippen molar-refractivity contribution in [3.05, 3.63) is 52.1 Å². The molecule has 0 radical (unpaired) electrons. The first kappa shape index (κ1) is 16.5. The summed E-state index contributed by atoms with van der Waals surface area (Å²) in [5.41, 5.74) is 6.14. The van der Waals surface area contributed by atoms with Crippen molar-refractivity contribution in [2.45, 2.75) is 20.4 Å². The molecule has 2 rings (SSSR count). The van der Waals surface area contributed by atoms with E-state index < -0.39 is 10.8 Å². The van der Waals surface area contributed by atoms with Crippen LogP contribution in [0, 0.1) is 23.0 Å².